The fourth-order valence-corrected chi connectivity index (χ4v) is 3.63. The molecule has 1 saturated carbocycles. The molecule has 0 radical (unpaired) electrons. The van der Waals surface area contributed by atoms with Crippen LogP contribution in [0.1, 0.15) is 49.1 Å². The van der Waals surface area contributed by atoms with Crippen molar-refractivity contribution in [2.75, 3.05) is 13.6 Å². The van der Waals surface area contributed by atoms with E-state index in [1.807, 2.05) is 5.51 Å². The van der Waals surface area contributed by atoms with Crippen molar-refractivity contribution in [1.82, 2.24) is 15.6 Å². The maximum Gasteiger partial charge on any atom is 0.0798 e. The van der Waals surface area contributed by atoms with Crippen molar-refractivity contribution in [2.24, 2.45) is 0 Å². The van der Waals surface area contributed by atoms with E-state index in [2.05, 4.69) is 29.6 Å². The Bertz CT molecular complexity index is 356. The minimum atomic E-state index is 0.397. The molecule has 3 nitrogen and oxygen atoms in total. The quantitative estimate of drug-likeness (QED) is 0.778. The normalized spacial score (nSPS) is 19.0. The molecule has 1 aliphatic carbocycles. The highest BCUT2D eigenvalue weighted by Crippen LogP contribution is 2.30. The average molecular weight is 267 g/mol. The van der Waals surface area contributed by atoms with Gasteiger partial charge in [-0.15, -0.1) is 11.3 Å². The van der Waals surface area contributed by atoms with Gasteiger partial charge in [-0.2, -0.15) is 0 Å². The van der Waals surface area contributed by atoms with E-state index >= 15 is 0 Å². The minimum absolute atomic E-state index is 0.397. The zero-order valence-electron chi connectivity index (χ0n) is 11.6. The third-order valence-electron chi connectivity index (χ3n) is 4.25. The van der Waals surface area contributed by atoms with E-state index in [4.69, 9.17) is 0 Å². The van der Waals surface area contributed by atoms with Crippen LogP contribution in [0.25, 0.3) is 0 Å². The van der Waals surface area contributed by atoms with Crippen molar-refractivity contribution >= 4 is 11.3 Å². The molecule has 2 N–H and O–H groups in total. The van der Waals surface area contributed by atoms with Gasteiger partial charge >= 0.3 is 0 Å². The summed E-state index contributed by atoms with van der Waals surface area (Å²) < 4.78 is 0. The van der Waals surface area contributed by atoms with Crippen LogP contribution in [0, 0.1) is 6.92 Å². The SMILES string of the molecule is CNC1(CCNCc2scnc2C)CCCCC1. The summed E-state index contributed by atoms with van der Waals surface area (Å²) in [6.45, 7) is 4.15. The lowest BCUT2D eigenvalue weighted by Gasteiger charge is -2.37. The Morgan fingerprint density at radius 3 is 2.72 bits per heavy atom. The van der Waals surface area contributed by atoms with Crippen molar-refractivity contribution in [1.29, 1.82) is 0 Å². The smallest absolute Gasteiger partial charge is 0.0798 e. The first-order chi connectivity index (χ1) is 8.76. The second-order valence-electron chi connectivity index (χ2n) is 5.38. The highest BCUT2D eigenvalue weighted by atomic mass is 32.1. The molecule has 102 valence electrons. The van der Waals surface area contributed by atoms with Crippen LogP contribution in [0.3, 0.4) is 0 Å². The van der Waals surface area contributed by atoms with Gasteiger partial charge in [-0.1, -0.05) is 19.3 Å². The van der Waals surface area contributed by atoms with Gasteiger partial charge in [-0.3, -0.25) is 0 Å². The molecule has 0 aliphatic heterocycles. The van der Waals surface area contributed by atoms with Crippen molar-refractivity contribution < 1.29 is 0 Å². The van der Waals surface area contributed by atoms with Crippen LogP contribution < -0.4 is 10.6 Å². The lowest BCUT2D eigenvalue weighted by atomic mass is 9.79. The maximum absolute atomic E-state index is 4.28. The minimum Gasteiger partial charge on any atom is -0.314 e. The second-order valence-corrected chi connectivity index (χ2v) is 6.32. The molecule has 1 aliphatic rings. The standard InChI is InChI=1S/C14H25N3S/c1-12-13(18-11-17-12)10-16-9-8-14(15-2)6-4-3-5-7-14/h11,15-16H,3-10H2,1-2H3. The summed E-state index contributed by atoms with van der Waals surface area (Å²) in [5.41, 5.74) is 3.50. The Hall–Kier alpha value is -0.450. The molecule has 0 saturated heterocycles. The van der Waals surface area contributed by atoms with Gasteiger partial charge in [0, 0.05) is 17.0 Å². The summed E-state index contributed by atoms with van der Waals surface area (Å²) >= 11 is 1.75. The fourth-order valence-electron chi connectivity index (χ4n) is 2.88. The van der Waals surface area contributed by atoms with E-state index in [0.717, 1.165) is 13.1 Å². The average Bonchev–Trinajstić information content (AvgIpc) is 2.82. The van der Waals surface area contributed by atoms with Gasteiger partial charge in [-0.25, -0.2) is 4.98 Å². The molecule has 1 aromatic rings. The molecular formula is C14H25N3S. The van der Waals surface area contributed by atoms with Crippen LogP contribution in [0.5, 0.6) is 0 Å². The Kier molecular flexibility index (Phi) is 5.15. The van der Waals surface area contributed by atoms with Gasteiger partial charge in [0.05, 0.1) is 11.2 Å². The Morgan fingerprint density at radius 2 is 2.11 bits per heavy atom. The predicted octanol–water partition coefficient (Wildman–Crippen LogP) is 2.85. The van der Waals surface area contributed by atoms with Crippen LogP contribution >= 0.6 is 11.3 Å². The molecule has 0 bridgehead atoms. The highest BCUT2D eigenvalue weighted by Gasteiger charge is 2.29. The van der Waals surface area contributed by atoms with Crippen LogP contribution in [-0.4, -0.2) is 24.1 Å². The van der Waals surface area contributed by atoms with E-state index < -0.39 is 0 Å². The lowest BCUT2D eigenvalue weighted by molar-refractivity contribution is 0.228. The van der Waals surface area contributed by atoms with Crippen molar-refractivity contribution in [3.63, 3.8) is 0 Å². The summed E-state index contributed by atoms with van der Waals surface area (Å²) in [6, 6.07) is 0. The first-order valence-electron chi connectivity index (χ1n) is 7.04. The zero-order valence-corrected chi connectivity index (χ0v) is 12.4. The number of nitrogens with zero attached hydrogens (tertiary/aromatic N) is 1. The summed E-state index contributed by atoms with van der Waals surface area (Å²) in [6.07, 6.45) is 8.09. The molecule has 1 heterocycles. The summed E-state index contributed by atoms with van der Waals surface area (Å²) in [5.74, 6) is 0. The molecule has 4 heteroatoms. The summed E-state index contributed by atoms with van der Waals surface area (Å²) in [7, 11) is 2.12. The van der Waals surface area contributed by atoms with E-state index in [1.54, 1.807) is 11.3 Å². The van der Waals surface area contributed by atoms with Crippen LogP contribution in [0.15, 0.2) is 5.51 Å². The number of aryl methyl sites for hydroxylation is 1. The molecule has 1 fully saturated rings. The molecule has 0 spiro atoms. The monoisotopic (exact) mass is 267 g/mol. The van der Waals surface area contributed by atoms with Gasteiger partial charge in [0.25, 0.3) is 0 Å². The van der Waals surface area contributed by atoms with Gasteiger partial charge in [0.15, 0.2) is 0 Å². The van der Waals surface area contributed by atoms with Crippen molar-refractivity contribution in [3.05, 3.63) is 16.1 Å². The number of aromatic nitrogens is 1. The maximum atomic E-state index is 4.28. The first-order valence-corrected chi connectivity index (χ1v) is 7.92. The van der Waals surface area contributed by atoms with Crippen molar-refractivity contribution in [2.45, 2.75) is 57.5 Å². The van der Waals surface area contributed by atoms with Gasteiger partial charge in [0.1, 0.15) is 0 Å². The predicted molar refractivity (Wildman–Crippen MR) is 78.1 cm³/mol. The number of hydrogen-bond donors (Lipinski definition) is 2. The number of hydrogen-bond acceptors (Lipinski definition) is 4. The van der Waals surface area contributed by atoms with Gasteiger partial charge in [0.2, 0.25) is 0 Å². The molecule has 0 aromatic carbocycles. The summed E-state index contributed by atoms with van der Waals surface area (Å²) in [4.78, 5) is 5.65. The number of rotatable bonds is 6. The lowest BCUT2D eigenvalue weighted by Crippen LogP contribution is -2.46. The van der Waals surface area contributed by atoms with E-state index in [-0.39, 0.29) is 0 Å². The van der Waals surface area contributed by atoms with Crippen LogP contribution in [0.2, 0.25) is 0 Å². The topological polar surface area (TPSA) is 37.0 Å². The molecule has 0 unspecified atom stereocenters. The van der Waals surface area contributed by atoms with Gasteiger partial charge in [-0.05, 0) is 39.8 Å². The first kappa shape index (κ1) is 14.0. The van der Waals surface area contributed by atoms with Crippen LogP contribution in [-0.2, 0) is 6.54 Å². The molecule has 1 aromatic heterocycles. The van der Waals surface area contributed by atoms with Gasteiger partial charge < -0.3 is 10.6 Å². The number of nitrogens with one attached hydrogen (secondary N) is 2. The van der Waals surface area contributed by atoms with Crippen LogP contribution in [0.4, 0.5) is 0 Å². The Labute approximate surface area is 114 Å². The molecule has 2 rings (SSSR count). The molecule has 0 atom stereocenters. The second kappa shape index (κ2) is 6.64. The number of thiazole rings is 1. The van der Waals surface area contributed by atoms with Crippen molar-refractivity contribution in [3.8, 4) is 0 Å². The highest BCUT2D eigenvalue weighted by molar-refractivity contribution is 7.09. The molecule has 0 amide bonds. The zero-order chi connectivity index (χ0) is 12.8. The third kappa shape index (κ3) is 3.53. The summed E-state index contributed by atoms with van der Waals surface area (Å²) in [5, 5.41) is 7.14. The van der Waals surface area contributed by atoms with E-state index in [0.29, 0.717) is 5.54 Å². The van der Waals surface area contributed by atoms with E-state index in [9.17, 15) is 0 Å². The Morgan fingerprint density at radius 1 is 1.33 bits per heavy atom. The Balaban J connectivity index is 1.72. The third-order valence-corrected chi connectivity index (χ3v) is 5.19. The van der Waals surface area contributed by atoms with E-state index in [1.165, 1.54) is 49.1 Å². The largest absolute Gasteiger partial charge is 0.314 e. The molecule has 18 heavy (non-hydrogen) atoms. The molecular weight excluding hydrogens is 242 g/mol. The fraction of sp³-hybridized carbons (Fsp3) is 0.786.